The first-order valence-electron chi connectivity index (χ1n) is 7.93. The largest absolute Gasteiger partial charge is 0.497 e. The van der Waals surface area contributed by atoms with Crippen LogP contribution in [0.4, 0.5) is 5.69 Å². The topological polar surface area (TPSA) is 92.3 Å². The number of anilines is 1. The minimum Gasteiger partial charge on any atom is -0.497 e. The molecule has 8 nitrogen and oxygen atoms in total. The van der Waals surface area contributed by atoms with Gasteiger partial charge in [0.25, 0.3) is 5.91 Å². The Morgan fingerprint density at radius 2 is 1.56 bits per heavy atom. The number of esters is 1. The number of carbonyl (C=O) groups is 2. The lowest BCUT2D eigenvalue weighted by atomic mass is 10.2. The quantitative estimate of drug-likeness (QED) is 0.709. The zero-order valence-electron chi connectivity index (χ0n) is 15.5. The van der Waals surface area contributed by atoms with Crippen molar-refractivity contribution in [3.05, 3.63) is 42.0 Å². The Morgan fingerprint density at radius 1 is 0.889 bits per heavy atom. The summed E-state index contributed by atoms with van der Waals surface area (Å²) in [5.74, 6) is 0.443. The van der Waals surface area contributed by atoms with Crippen LogP contribution in [0, 0.1) is 0 Å². The maximum atomic E-state index is 12.3. The molecule has 27 heavy (non-hydrogen) atoms. The summed E-state index contributed by atoms with van der Waals surface area (Å²) in [4.78, 5) is 24.4. The lowest BCUT2D eigenvalue weighted by molar-refractivity contribution is -0.119. The van der Waals surface area contributed by atoms with Crippen molar-refractivity contribution in [2.45, 2.75) is 0 Å². The molecule has 0 saturated carbocycles. The summed E-state index contributed by atoms with van der Waals surface area (Å²) in [7, 11) is 5.88. The highest BCUT2D eigenvalue weighted by atomic mass is 16.5. The Kier molecular flexibility index (Phi) is 6.87. The van der Waals surface area contributed by atoms with Crippen LogP contribution in [0.5, 0.6) is 23.0 Å². The summed E-state index contributed by atoms with van der Waals surface area (Å²) in [5, 5.41) is 2.62. The van der Waals surface area contributed by atoms with Crippen LogP contribution in [0.3, 0.4) is 0 Å². The van der Waals surface area contributed by atoms with Crippen LogP contribution in [-0.4, -0.2) is 46.9 Å². The van der Waals surface area contributed by atoms with Crippen LogP contribution in [0.25, 0.3) is 0 Å². The summed E-state index contributed by atoms with van der Waals surface area (Å²) in [6.45, 7) is -0.473. The molecule has 144 valence electrons. The van der Waals surface area contributed by atoms with Gasteiger partial charge in [0.05, 0.1) is 28.4 Å². The molecule has 0 saturated heterocycles. The maximum absolute atomic E-state index is 12.3. The van der Waals surface area contributed by atoms with Crippen LogP contribution in [0.2, 0.25) is 0 Å². The second-order valence-electron chi connectivity index (χ2n) is 5.27. The zero-order chi connectivity index (χ0) is 19.8. The Balaban J connectivity index is 2.03. The third-order valence-corrected chi connectivity index (χ3v) is 3.59. The highest BCUT2D eigenvalue weighted by Crippen LogP contribution is 2.31. The molecule has 0 aliphatic carbocycles. The van der Waals surface area contributed by atoms with Gasteiger partial charge in [-0.05, 0) is 12.1 Å². The number of nitrogens with one attached hydrogen (secondary N) is 1. The molecule has 0 atom stereocenters. The number of methoxy groups -OCH3 is 4. The molecule has 8 heteroatoms. The van der Waals surface area contributed by atoms with Crippen molar-refractivity contribution >= 4 is 17.6 Å². The van der Waals surface area contributed by atoms with E-state index >= 15 is 0 Å². The van der Waals surface area contributed by atoms with Crippen LogP contribution in [0.15, 0.2) is 36.4 Å². The maximum Gasteiger partial charge on any atom is 0.342 e. The van der Waals surface area contributed by atoms with Crippen LogP contribution in [0.1, 0.15) is 10.4 Å². The number of rotatable bonds is 8. The molecule has 1 amide bonds. The number of para-hydroxylation sites is 1. The standard InChI is InChI=1S/C19H21NO7/c1-23-13-8-12(9-14(10-13)24-2)20-17(21)11-27-19(22)15-6-5-7-16(25-3)18(15)26-4/h5-10H,11H2,1-4H3,(H,20,21). The van der Waals surface area contributed by atoms with Crippen molar-refractivity contribution in [2.75, 3.05) is 40.4 Å². The highest BCUT2D eigenvalue weighted by Gasteiger charge is 2.18. The Bertz CT molecular complexity index is 797. The number of ether oxygens (including phenoxy) is 5. The average Bonchev–Trinajstić information content (AvgIpc) is 2.70. The molecule has 0 bridgehead atoms. The summed E-state index contributed by atoms with van der Waals surface area (Å²) in [5.41, 5.74) is 0.610. The van der Waals surface area contributed by atoms with Gasteiger partial charge in [-0.3, -0.25) is 4.79 Å². The SMILES string of the molecule is COc1cc(NC(=O)COC(=O)c2cccc(OC)c2OC)cc(OC)c1. The van der Waals surface area contributed by atoms with Crippen molar-refractivity contribution < 1.29 is 33.3 Å². The van der Waals surface area contributed by atoms with E-state index in [-0.39, 0.29) is 11.3 Å². The van der Waals surface area contributed by atoms with E-state index in [1.807, 2.05) is 0 Å². The van der Waals surface area contributed by atoms with Gasteiger partial charge < -0.3 is 29.0 Å². The molecule has 1 N–H and O–H groups in total. The summed E-state index contributed by atoms with van der Waals surface area (Å²) in [6, 6.07) is 9.71. The molecule has 2 aromatic rings. The van der Waals surface area contributed by atoms with Crippen molar-refractivity contribution in [2.24, 2.45) is 0 Å². The molecular weight excluding hydrogens is 354 g/mol. The fraction of sp³-hybridized carbons (Fsp3) is 0.263. The fourth-order valence-corrected chi connectivity index (χ4v) is 2.33. The minimum atomic E-state index is -0.705. The first-order valence-corrected chi connectivity index (χ1v) is 7.93. The number of amides is 1. The Labute approximate surface area is 156 Å². The monoisotopic (exact) mass is 375 g/mol. The molecule has 0 spiro atoms. The summed E-state index contributed by atoms with van der Waals surface area (Å²) in [6.07, 6.45) is 0. The summed E-state index contributed by atoms with van der Waals surface area (Å²) >= 11 is 0. The van der Waals surface area contributed by atoms with E-state index in [1.165, 1.54) is 34.5 Å². The number of hydrogen-bond donors (Lipinski definition) is 1. The minimum absolute atomic E-state index is 0.160. The lowest BCUT2D eigenvalue weighted by Crippen LogP contribution is -2.21. The third-order valence-electron chi connectivity index (χ3n) is 3.59. The van der Waals surface area contributed by atoms with E-state index in [0.717, 1.165) is 0 Å². The highest BCUT2D eigenvalue weighted by molar-refractivity contribution is 5.97. The second-order valence-corrected chi connectivity index (χ2v) is 5.27. The molecule has 0 fully saturated rings. The van der Waals surface area contributed by atoms with Gasteiger partial charge in [0.2, 0.25) is 0 Å². The van der Waals surface area contributed by atoms with Crippen LogP contribution in [-0.2, 0) is 9.53 Å². The number of carbonyl (C=O) groups excluding carboxylic acids is 2. The predicted octanol–water partition coefficient (Wildman–Crippen LogP) is 2.52. The smallest absolute Gasteiger partial charge is 0.342 e. The van der Waals surface area contributed by atoms with E-state index in [0.29, 0.717) is 22.9 Å². The first-order chi connectivity index (χ1) is 13.0. The molecular formula is C19H21NO7. The van der Waals surface area contributed by atoms with Gasteiger partial charge in [-0.2, -0.15) is 0 Å². The normalized spacial score (nSPS) is 9.93. The first kappa shape index (κ1) is 19.9. The predicted molar refractivity (Wildman–Crippen MR) is 98.0 cm³/mol. The Morgan fingerprint density at radius 3 is 2.11 bits per heavy atom. The summed E-state index contributed by atoms with van der Waals surface area (Å²) < 4.78 is 25.7. The molecule has 2 rings (SSSR count). The van der Waals surface area contributed by atoms with Crippen LogP contribution >= 0.6 is 0 Å². The van der Waals surface area contributed by atoms with Crippen LogP contribution < -0.4 is 24.3 Å². The van der Waals surface area contributed by atoms with Gasteiger partial charge >= 0.3 is 5.97 Å². The van der Waals surface area contributed by atoms with Crippen molar-refractivity contribution in [3.8, 4) is 23.0 Å². The van der Waals surface area contributed by atoms with E-state index < -0.39 is 18.5 Å². The number of hydrogen-bond acceptors (Lipinski definition) is 7. The second kappa shape index (κ2) is 9.33. The van der Waals surface area contributed by atoms with Gasteiger partial charge in [-0.25, -0.2) is 4.79 Å². The molecule has 0 radical (unpaired) electrons. The van der Waals surface area contributed by atoms with E-state index in [4.69, 9.17) is 23.7 Å². The number of benzene rings is 2. The lowest BCUT2D eigenvalue weighted by Gasteiger charge is -2.12. The molecule has 0 aliphatic heterocycles. The van der Waals surface area contributed by atoms with Gasteiger partial charge in [0.15, 0.2) is 18.1 Å². The zero-order valence-corrected chi connectivity index (χ0v) is 15.5. The van der Waals surface area contributed by atoms with E-state index in [2.05, 4.69) is 5.32 Å². The van der Waals surface area contributed by atoms with Gasteiger partial charge in [-0.1, -0.05) is 6.07 Å². The van der Waals surface area contributed by atoms with Gasteiger partial charge in [0.1, 0.15) is 17.1 Å². The average molecular weight is 375 g/mol. The molecule has 0 unspecified atom stereocenters. The van der Waals surface area contributed by atoms with E-state index in [9.17, 15) is 9.59 Å². The van der Waals surface area contributed by atoms with E-state index in [1.54, 1.807) is 30.3 Å². The van der Waals surface area contributed by atoms with Gasteiger partial charge in [-0.15, -0.1) is 0 Å². The molecule has 0 heterocycles. The van der Waals surface area contributed by atoms with Crippen molar-refractivity contribution in [1.29, 1.82) is 0 Å². The molecule has 2 aromatic carbocycles. The van der Waals surface area contributed by atoms with Crippen molar-refractivity contribution in [3.63, 3.8) is 0 Å². The van der Waals surface area contributed by atoms with Gasteiger partial charge in [0, 0.05) is 23.9 Å². The molecule has 0 aromatic heterocycles. The molecule has 0 aliphatic rings. The van der Waals surface area contributed by atoms with Crippen molar-refractivity contribution in [1.82, 2.24) is 0 Å². The third kappa shape index (κ3) is 5.04. The Hall–Kier alpha value is -3.42. The fourth-order valence-electron chi connectivity index (χ4n) is 2.33.